The van der Waals surface area contributed by atoms with E-state index in [0.717, 1.165) is 30.7 Å². The van der Waals surface area contributed by atoms with Gasteiger partial charge in [0, 0.05) is 37.0 Å². The van der Waals surface area contributed by atoms with Crippen molar-refractivity contribution in [3.63, 3.8) is 0 Å². The fourth-order valence-electron chi connectivity index (χ4n) is 4.98. The third kappa shape index (κ3) is 3.76. The monoisotopic (exact) mass is 416 g/mol. The normalized spacial score (nSPS) is 28.6. The van der Waals surface area contributed by atoms with E-state index in [1.807, 2.05) is 6.92 Å². The van der Waals surface area contributed by atoms with Crippen LogP contribution in [0.4, 0.5) is 0 Å². The standard InChI is InChI=1S/C23H24N6O2/c1-14-10-26-20(12-25-14)21-4-5-28-29(21)23(30)19-8-18(16-6-17(19)7-16)13-31-22-3-2-15(9-24)11-27-22/h2-3,5,10-12,16-19,21H,4,6-8,13H2,1H3/t16?,17?,18-,19?,21?/m0/s1. The largest absolute Gasteiger partial charge is 0.477 e. The smallest absolute Gasteiger partial charge is 0.246 e. The molecule has 2 bridgehead atoms. The number of rotatable bonds is 5. The van der Waals surface area contributed by atoms with Crippen LogP contribution in [0.2, 0.25) is 0 Å². The molecule has 0 saturated heterocycles. The molecule has 1 amide bonds. The van der Waals surface area contributed by atoms with Gasteiger partial charge in [0.15, 0.2) is 0 Å². The summed E-state index contributed by atoms with van der Waals surface area (Å²) in [6.07, 6.45) is 10.4. The Morgan fingerprint density at radius 3 is 2.74 bits per heavy atom. The van der Waals surface area contributed by atoms with Gasteiger partial charge in [-0.05, 0) is 50.0 Å². The molecule has 1 aliphatic heterocycles. The van der Waals surface area contributed by atoms with Crippen molar-refractivity contribution in [2.75, 3.05) is 6.61 Å². The summed E-state index contributed by atoms with van der Waals surface area (Å²) in [5.74, 6) is 1.93. The molecule has 2 aromatic rings. The van der Waals surface area contributed by atoms with Gasteiger partial charge < -0.3 is 4.74 Å². The molecule has 0 radical (unpaired) electrons. The number of nitrogens with zero attached hydrogens (tertiary/aromatic N) is 6. The topological polar surface area (TPSA) is 104 Å². The van der Waals surface area contributed by atoms with Crippen LogP contribution in [0.15, 0.2) is 35.8 Å². The van der Waals surface area contributed by atoms with E-state index in [4.69, 9.17) is 10.00 Å². The number of aryl methyl sites for hydroxylation is 1. The van der Waals surface area contributed by atoms with E-state index in [2.05, 4.69) is 26.1 Å². The Morgan fingerprint density at radius 1 is 1.16 bits per heavy atom. The molecule has 6 rings (SSSR count). The van der Waals surface area contributed by atoms with Crippen LogP contribution in [0.5, 0.6) is 5.88 Å². The Balaban J connectivity index is 1.24. The Hall–Kier alpha value is -3.34. The van der Waals surface area contributed by atoms with Crippen LogP contribution in [0.25, 0.3) is 0 Å². The first-order valence-electron chi connectivity index (χ1n) is 10.8. The van der Waals surface area contributed by atoms with Crippen molar-refractivity contribution >= 4 is 12.1 Å². The lowest BCUT2D eigenvalue weighted by Crippen LogP contribution is -2.50. The highest BCUT2D eigenvalue weighted by Gasteiger charge is 2.50. The quantitative estimate of drug-likeness (QED) is 0.742. The SMILES string of the molecule is Cc1cnc(C2CC=NN2C(=O)C2C[C@@H](COc3ccc(C#N)cn3)C3CC2C3)cn1. The van der Waals surface area contributed by atoms with E-state index < -0.39 is 0 Å². The van der Waals surface area contributed by atoms with Gasteiger partial charge in [-0.3, -0.25) is 14.8 Å². The van der Waals surface area contributed by atoms with Gasteiger partial charge in [-0.15, -0.1) is 0 Å². The summed E-state index contributed by atoms with van der Waals surface area (Å²) in [4.78, 5) is 26.4. The second-order valence-corrected chi connectivity index (χ2v) is 8.72. The van der Waals surface area contributed by atoms with Crippen LogP contribution in [0.3, 0.4) is 0 Å². The zero-order valence-electron chi connectivity index (χ0n) is 17.4. The molecule has 31 heavy (non-hydrogen) atoms. The summed E-state index contributed by atoms with van der Waals surface area (Å²) in [6, 6.07) is 5.31. The predicted octanol–water partition coefficient (Wildman–Crippen LogP) is 3.05. The van der Waals surface area contributed by atoms with E-state index in [0.29, 0.717) is 42.2 Å². The van der Waals surface area contributed by atoms with Crippen molar-refractivity contribution in [3.8, 4) is 11.9 Å². The molecule has 3 heterocycles. The Kier molecular flexibility index (Phi) is 5.10. The van der Waals surface area contributed by atoms with Crippen molar-refractivity contribution < 1.29 is 9.53 Å². The molecule has 0 spiro atoms. The number of hydrogen-bond acceptors (Lipinski definition) is 7. The molecule has 0 N–H and O–H groups in total. The number of hydrogen-bond donors (Lipinski definition) is 0. The van der Waals surface area contributed by atoms with Crippen molar-refractivity contribution in [2.45, 2.75) is 38.6 Å². The van der Waals surface area contributed by atoms with Gasteiger partial charge in [0.2, 0.25) is 11.8 Å². The van der Waals surface area contributed by atoms with Gasteiger partial charge in [0.25, 0.3) is 0 Å². The van der Waals surface area contributed by atoms with Crippen molar-refractivity contribution in [1.82, 2.24) is 20.0 Å². The Labute approximate surface area is 181 Å². The van der Waals surface area contributed by atoms with Gasteiger partial charge in [-0.2, -0.15) is 10.4 Å². The molecular formula is C23H24N6O2. The molecule has 8 nitrogen and oxygen atoms in total. The molecule has 3 atom stereocenters. The molecule has 3 saturated carbocycles. The van der Waals surface area contributed by atoms with Gasteiger partial charge >= 0.3 is 0 Å². The maximum absolute atomic E-state index is 13.5. The van der Waals surface area contributed by atoms with E-state index in [1.165, 1.54) is 6.20 Å². The summed E-state index contributed by atoms with van der Waals surface area (Å²) in [5.41, 5.74) is 2.15. The Morgan fingerprint density at radius 2 is 2.03 bits per heavy atom. The molecule has 3 fully saturated rings. The minimum Gasteiger partial charge on any atom is -0.477 e. The maximum atomic E-state index is 13.5. The molecule has 8 heteroatoms. The minimum absolute atomic E-state index is 0.0383. The van der Waals surface area contributed by atoms with Gasteiger partial charge in [-0.1, -0.05) is 0 Å². The molecule has 2 aromatic heterocycles. The van der Waals surface area contributed by atoms with Crippen LogP contribution >= 0.6 is 0 Å². The lowest BCUT2D eigenvalue weighted by molar-refractivity contribution is -0.148. The number of amides is 1. The number of carbonyl (C=O) groups is 1. The van der Waals surface area contributed by atoms with Crippen molar-refractivity contribution in [1.29, 1.82) is 5.26 Å². The van der Waals surface area contributed by atoms with Crippen LogP contribution in [0, 0.1) is 41.9 Å². The highest BCUT2D eigenvalue weighted by atomic mass is 16.5. The lowest BCUT2D eigenvalue weighted by atomic mass is 9.55. The third-order valence-electron chi connectivity index (χ3n) is 6.83. The average molecular weight is 416 g/mol. The molecule has 4 aliphatic rings. The highest BCUT2D eigenvalue weighted by molar-refractivity contribution is 5.82. The molecule has 0 aromatic carbocycles. The van der Waals surface area contributed by atoms with Gasteiger partial charge in [-0.25, -0.2) is 9.99 Å². The van der Waals surface area contributed by atoms with Crippen molar-refractivity contribution in [3.05, 3.63) is 47.7 Å². The average Bonchev–Trinajstić information content (AvgIpc) is 3.27. The van der Waals surface area contributed by atoms with Gasteiger partial charge in [0.05, 0.1) is 29.8 Å². The second-order valence-electron chi connectivity index (χ2n) is 8.72. The van der Waals surface area contributed by atoms with Crippen molar-refractivity contribution in [2.24, 2.45) is 28.8 Å². The van der Waals surface area contributed by atoms with Crippen LogP contribution in [-0.4, -0.2) is 38.7 Å². The number of nitriles is 1. The fourth-order valence-corrected chi connectivity index (χ4v) is 4.98. The fraction of sp³-hybridized carbons (Fsp3) is 0.478. The number of pyridine rings is 1. The summed E-state index contributed by atoms with van der Waals surface area (Å²) in [6.45, 7) is 2.44. The third-order valence-corrected chi connectivity index (χ3v) is 6.83. The summed E-state index contributed by atoms with van der Waals surface area (Å²) < 4.78 is 5.90. The molecule has 158 valence electrons. The first-order chi connectivity index (χ1) is 15.1. The summed E-state index contributed by atoms with van der Waals surface area (Å²) in [5, 5.41) is 14.9. The summed E-state index contributed by atoms with van der Waals surface area (Å²) >= 11 is 0. The molecule has 3 aliphatic carbocycles. The number of carbonyl (C=O) groups excluding carboxylic acids is 1. The highest BCUT2D eigenvalue weighted by Crippen LogP contribution is 2.53. The first kappa shape index (κ1) is 19.6. The van der Waals surface area contributed by atoms with Crippen LogP contribution in [0.1, 0.15) is 48.7 Å². The van der Waals surface area contributed by atoms with Crippen LogP contribution in [-0.2, 0) is 4.79 Å². The zero-order chi connectivity index (χ0) is 21.4. The number of fused-ring (bicyclic) bond motifs is 2. The second kappa shape index (κ2) is 8.06. The number of aromatic nitrogens is 3. The van der Waals surface area contributed by atoms with Gasteiger partial charge in [0.1, 0.15) is 12.1 Å². The van der Waals surface area contributed by atoms with E-state index in [-0.39, 0.29) is 17.9 Å². The number of hydrazone groups is 1. The first-order valence-corrected chi connectivity index (χ1v) is 10.8. The zero-order valence-corrected chi connectivity index (χ0v) is 17.4. The summed E-state index contributed by atoms with van der Waals surface area (Å²) in [7, 11) is 0. The predicted molar refractivity (Wildman–Crippen MR) is 112 cm³/mol. The maximum Gasteiger partial charge on any atom is 0.246 e. The van der Waals surface area contributed by atoms with Crippen LogP contribution < -0.4 is 4.74 Å². The molecule has 2 unspecified atom stereocenters. The Bertz CT molecular complexity index is 1020. The van der Waals surface area contributed by atoms with E-state index >= 15 is 0 Å². The minimum atomic E-state index is -0.170. The lowest BCUT2D eigenvalue weighted by Gasteiger charge is -2.51. The molecular weight excluding hydrogens is 392 g/mol. The van der Waals surface area contributed by atoms with E-state index in [9.17, 15) is 4.79 Å². The van der Waals surface area contributed by atoms with E-state index in [1.54, 1.807) is 35.7 Å². The number of ether oxygens (including phenoxy) is 1.